The molecule has 0 aromatic heterocycles. The zero-order valence-electron chi connectivity index (χ0n) is 13.9. The number of carbonyl (C=O) groups excluding carboxylic acids is 3. The second-order valence-electron chi connectivity index (χ2n) is 6.34. The first-order chi connectivity index (χ1) is 12.9. The number of nitrogen functional groups attached to an aromatic ring is 1. The molecule has 4 rings (SSSR count). The summed E-state index contributed by atoms with van der Waals surface area (Å²) in [5.74, 6) is -1.66. The number of imide groups is 1. The molecule has 138 valence electrons. The van der Waals surface area contributed by atoms with Gasteiger partial charge in [0.1, 0.15) is 11.6 Å². The Morgan fingerprint density at radius 2 is 2.04 bits per heavy atom. The average Bonchev–Trinajstić information content (AvgIpc) is 2.91. The first-order valence-corrected chi connectivity index (χ1v) is 8.15. The van der Waals surface area contributed by atoms with Crippen LogP contribution in [0.2, 0.25) is 0 Å². The van der Waals surface area contributed by atoms with Crippen molar-refractivity contribution in [1.82, 2.24) is 10.6 Å². The minimum absolute atomic E-state index is 0.140. The van der Waals surface area contributed by atoms with E-state index in [2.05, 4.69) is 16.0 Å². The molecule has 27 heavy (non-hydrogen) atoms. The van der Waals surface area contributed by atoms with Crippen LogP contribution in [0.5, 0.6) is 5.75 Å². The number of urea groups is 1. The normalized spacial score (nSPS) is 23.2. The molecule has 4 amide bonds. The molecule has 1 spiro atoms. The monoisotopic (exact) mass is 370 g/mol. The molecule has 5 N–H and O–H groups in total. The van der Waals surface area contributed by atoms with E-state index in [1.807, 2.05) is 0 Å². The van der Waals surface area contributed by atoms with E-state index in [1.165, 1.54) is 6.07 Å². The number of fused-ring (bicyclic) bond motifs is 2. The Balaban J connectivity index is 1.70. The van der Waals surface area contributed by atoms with Gasteiger partial charge in [-0.1, -0.05) is 12.1 Å². The molecule has 1 fully saturated rings. The minimum atomic E-state index is -1.59. The van der Waals surface area contributed by atoms with Crippen LogP contribution >= 0.6 is 0 Å². The van der Waals surface area contributed by atoms with Crippen LogP contribution in [-0.2, 0) is 15.1 Å². The number of halogens is 1. The van der Waals surface area contributed by atoms with Gasteiger partial charge in [-0.05, 0) is 30.3 Å². The van der Waals surface area contributed by atoms with E-state index in [-0.39, 0.29) is 17.7 Å². The van der Waals surface area contributed by atoms with Crippen molar-refractivity contribution in [2.24, 2.45) is 0 Å². The molecular formula is C18H15FN4O4. The summed E-state index contributed by atoms with van der Waals surface area (Å²) in [5.41, 5.74) is 5.16. The molecule has 0 saturated carbocycles. The van der Waals surface area contributed by atoms with Gasteiger partial charge in [-0.25, -0.2) is 9.18 Å². The van der Waals surface area contributed by atoms with Gasteiger partial charge in [0.05, 0.1) is 11.4 Å². The molecule has 2 heterocycles. The van der Waals surface area contributed by atoms with Gasteiger partial charge in [0.2, 0.25) is 0 Å². The average molecular weight is 370 g/mol. The Hall–Kier alpha value is -3.62. The Morgan fingerprint density at radius 1 is 1.26 bits per heavy atom. The molecule has 8 nitrogen and oxygen atoms in total. The lowest BCUT2D eigenvalue weighted by molar-refractivity contribution is -0.129. The summed E-state index contributed by atoms with van der Waals surface area (Å²) in [7, 11) is 0. The molecule has 1 saturated heterocycles. The fourth-order valence-corrected chi connectivity index (χ4v) is 3.32. The van der Waals surface area contributed by atoms with Crippen molar-refractivity contribution >= 4 is 29.2 Å². The van der Waals surface area contributed by atoms with Gasteiger partial charge >= 0.3 is 6.03 Å². The number of ether oxygens (including phenoxy) is 1. The Labute approximate surface area is 152 Å². The van der Waals surface area contributed by atoms with E-state index in [0.717, 1.165) is 12.1 Å². The number of benzene rings is 2. The summed E-state index contributed by atoms with van der Waals surface area (Å²) in [4.78, 5) is 36.9. The van der Waals surface area contributed by atoms with Crippen LogP contribution in [0.15, 0.2) is 42.5 Å². The molecule has 2 aromatic carbocycles. The van der Waals surface area contributed by atoms with Crippen LogP contribution in [0.3, 0.4) is 0 Å². The summed E-state index contributed by atoms with van der Waals surface area (Å²) in [6, 6.07) is 9.54. The Bertz CT molecular complexity index is 980. The molecule has 0 unspecified atom stereocenters. The standard InChI is InChI=1S/C18H15FN4O4/c19-9-5-6-13-10(7-9)18(16(25)22-17(26)23-18)8-14(27-13)15(24)21-12-4-2-1-3-11(12)20/h1-7,14H,8,20H2,(H,21,24)(H2,22,23,25,26)/t14-,18-/m0/s1. The second-order valence-corrected chi connectivity index (χ2v) is 6.34. The van der Waals surface area contributed by atoms with Crippen LogP contribution in [0.4, 0.5) is 20.6 Å². The predicted octanol–water partition coefficient (Wildman–Crippen LogP) is 1.23. The highest BCUT2D eigenvalue weighted by Crippen LogP contribution is 2.42. The van der Waals surface area contributed by atoms with Crippen LogP contribution in [0.1, 0.15) is 12.0 Å². The van der Waals surface area contributed by atoms with Gasteiger partial charge in [0.15, 0.2) is 11.6 Å². The summed E-state index contributed by atoms with van der Waals surface area (Å²) in [6.07, 6.45) is -1.30. The number of para-hydroxylation sites is 2. The quantitative estimate of drug-likeness (QED) is 0.468. The summed E-state index contributed by atoms with van der Waals surface area (Å²) >= 11 is 0. The maximum atomic E-state index is 13.7. The molecule has 9 heteroatoms. The molecule has 2 aliphatic rings. The van der Waals surface area contributed by atoms with Crippen molar-refractivity contribution in [1.29, 1.82) is 0 Å². The largest absolute Gasteiger partial charge is 0.480 e. The maximum absolute atomic E-state index is 13.7. The second kappa shape index (κ2) is 5.97. The van der Waals surface area contributed by atoms with Gasteiger partial charge < -0.3 is 21.1 Å². The molecule has 0 radical (unpaired) electrons. The predicted molar refractivity (Wildman–Crippen MR) is 93.3 cm³/mol. The molecule has 2 aliphatic heterocycles. The van der Waals surface area contributed by atoms with Gasteiger partial charge in [0.25, 0.3) is 11.8 Å². The van der Waals surface area contributed by atoms with E-state index in [4.69, 9.17) is 10.5 Å². The number of anilines is 2. The van der Waals surface area contributed by atoms with Crippen LogP contribution in [-0.4, -0.2) is 23.9 Å². The highest BCUT2D eigenvalue weighted by Gasteiger charge is 2.54. The third-order valence-corrected chi connectivity index (χ3v) is 4.61. The van der Waals surface area contributed by atoms with Crippen LogP contribution in [0, 0.1) is 5.82 Å². The van der Waals surface area contributed by atoms with E-state index in [1.54, 1.807) is 24.3 Å². The van der Waals surface area contributed by atoms with Gasteiger partial charge in [-0.2, -0.15) is 0 Å². The minimum Gasteiger partial charge on any atom is -0.480 e. The van der Waals surface area contributed by atoms with Crippen LogP contribution < -0.4 is 26.4 Å². The SMILES string of the molecule is Nc1ccccc1NC(=O)[C@@H]1C[C@]2(NC(=O)NC2=O)c2cc(F)ccc2O1. The van der Waals surface area contributed by atoms with Crippen molar-refractivity contribution in [3.63, 3.8) is 0 Å². The summed E-state index contributed by atoms with van der Waals surface area (Å²) in [6.45, 7) is 0. The lowest BCUT2D eigenvalue weighted by atomic mass is 9.81. The van der Waals surface area contributed by atoms with Crippen LogP contribution in [0.25, 0.3) is 0 Å². The fourth-order valence-electron chi connectivity index (χ4n) is 3.32. The smallest absolute Gasteiger partial charge is 0.322 e. The number of hydrogen-bond acceptors (Lipinski definition) is 5. The highest BCUT2D eigenvalue weighted by molar-refractivity contribution is 6.08. The Kier molecular flexibility index (Phi) is 3.72. The van der Waals surface area contributed by atoms with Crippen molar-refractivity contribution in [2.45, 2.75) is 18.1 Å². The maximum Gasteiger partial charge on any atom is 0.322 e. The topological polar surface area (TPSA) is 123 Å². The number of nitrogens with two attached hydrogens (primary N) is 1. The number of rotatable bonds is 2. The van der Waals surface area contributed by atoms with E-state index >= 15 is 0 Å². The third-order valence-electron chi connectivity index (χ3n) is 4.61. The van der Waals surface area contributed by atoms with Crippen molar-refractivity contribution < 1.29 is 23.5 Å². The molecule has 0 bridgehead atoms. The first-order valence-electron chi connectivity index (χ1n) is 8.15. The van der Waals surface area contributed by atoms with Gasteiger partial charge in [-0.15, -0.1) is 0 Å². The zero-order chi connectivity index (χ0) is 19.2. The Morgan fingerprint density at radius 3 is 2.74 bits per heavy atom. The van der Waals surface area contributed by atoms with Crippen molar-refractivity contribution in [3.05, 3.63) is 53.8 Å². The lowest BCUT2D eigenvalue weighted by Crippen LogP contribution is -2.53. The number of amides is 4. The first kappa shape index (κ1) is 16.8. The van der Waals surface area contributed by atoms with E-state index < -0.39 is 35.3 Å². The number of nitrogens with one attached hydrogen (secondary N) is 3. The van der Waals surface area contributed by atoms with Gasteiger partial charge in [0, 0.05) is 12.0 Å². The lowest BCUT2D eigenvalue weighted by Gasteiger charge is -2.36. The van der Waals surface area contributed by atoms with Gasteiger partial charge in [-0.3, -0.25) is 14.9 Å². The van der Waals surface area contributed by atoms with Crippen molar-refractivity contribution in [3.8, 4) is 5.75 Å². The summed E-state index contributed by atoms with van der Waals surface area (Å²) < 4.78 is 19.4. The fraction of sp³-hybridized carbons (Fsp3) is 0.167. The molecule has 0 aliphatic carbocycles. The van der Waals surface area contributed by atoms with Crippen molar-refractivity contribution in [2.75, 3.05) is 11.1 Å². The number of carbonyl (C=O) groups is 3. The van der Waals surface area contributed by atoms with E-state index in [9.17, 15) is 18.8 Å². The zero-order valence-corrected chi connectivity index (χ0v) is 13.9. The molecule has 2 atom stereocenters. The highest BCUT2D eigenvalue weighted by atomic mass is 19.1. The molecule has 2 aromatic rings. The molecular weight excluding hydrogens is 355 g/mol. The third kappa shape index (κ3) is 2.73. The van der Waals surface area contributed by atoms with E-state index in [0.29, 0.717) is 11.4 Å². The summed E-state index contributed by atoms with van der Waals surface area (Å²) in [5, 5.41) is 7.30. The number of hydrogen-bond donors (Lipinski definition) is 4.